The molecular weight excluding hydrogens is 197 g/mol. The minimum absolute atomic E-state index is 0.187. The second-order valence-corrected chi connectivity index (χ2v) is 3.85. The van der Waals surface area contributed by atoms with Crippen LogP contribution in [0.4, 0.5) is 9.18 Å². The quantitative estimate of drug-likeness (QED) is 0.775. The summed E-state index contributed by atoms with van der Waals surface area (Å²) >= 11 is 0. The van der Waals surface area contributed by atoms with Crippen molar-refractivity contribution >= 4 is 6.03 Å². The van der Waals surface area contributed by atoms with Crippen LogP contribution in [0.3, 0.4) is 0 Å². The SMILES string of the molecule is Cn1ccc(CNC(=O)N2CC(F)C2)c1. The molecule has 2 rings (SSSR count). The molecule has 1 N–H and O–H groups in total. The summed E-state index contributed by atoms with van der Waals surface area (Å²) in [7, 11) is 1.93. The number of likely N-dealkylation sites (tertiary alicyclic amines) is 1. The van der Waals surface area contributed by atoms with Gasteiger partial charge in [0.2, 0.25) is 0 Å². The minimum Gasteiger partial charge on any atom is -0.357 e. The Morgan fingerprint density at radius 2 is 2.40 bits per heavy atom. The fraction of sp³-hybridized carbons (Fsp3) is 0.500. The third-order valence-corrected chi connectivity index (χ3v) is 2.46. The third-order valence-electron chi connectivity index (χ3n) is 2.46. The Balaban J connectivity index is 1.76. The first-order chi connectivity index (χ1) is 7.15. The van der Waals surface area contributed by atoms with Crippen molar-refractivity contribution in [2.75, 3.05) is 13.1 Å². The van der Waals surface area contributed by atoms with Crippen LogP contribution >= 0.6 is 0 Å². The second-order valence-electron chi connectivity index (χ2n) is 3.85. The molecule has 0 aliphatic carbocycles. The summed E-state index contributed by atoms with van der Waals surface area (Å²) in [6.07, 6.45) is 3.02. The smallest absolute Gasteiger partial charge is 0.317 e. The third kappa shape index (κ3) is 2.29. The first kappa shape index (κ1) is 10.0. The van der Waals surface area contributed by atoms with Crippen molar-refractivity contribution < 1.29 is 9.18 Å². The topological polar surface area (TPSA) is 37.3 Å². The van der Waals surface area contributed by atoms with E-state index in [2.05, 4.69) is 5.32 Å². The van der Waals surface area contributed by atoms with E-state index in [4.69, 9.17) is 0 Å². The molecular formula is C10H14FN3O. The van der Waals surface area contributed by atoms with Crippen LogP contribution in [0.15, 0.2) is 18.5 Å². The number of hydrogen-bond donors (Lipinski definition) is 1. The second kappa shape index (κ2) is 3.92. The molecule has 1 aliphatic rings. The number of alkyl halides is 1. The Hall–Kier alpha value is -1.52. The largest absolute Gasteiger partial charge is 0.357 e. The maximum absolute atomic E-state index is 12.5. The van der Waals surface area contributed by atoms with Gasteiger partial charge in [0.15, 0.2) is 0 Å². The summed E-state index contributed by atoms with van der Waals surface area (Å²) in [6.45, 7) is 0.939. The van der Waals surface area contributed by atoms with Gasteiger partial charge >= 0.3 is 6.03 Å². The molecule has 5 heteroatoms. The van der Waals surface area contributed by atoms with E-state index in [9.17, 15) is 9.18 Å². The van der Waals surface area contributed by atoms with Gasteiger partial charge in [-0.25, -0.2) is 9.18 Å². The van der Waals surface area contributed by atoms with Crippen molar-refractivity contribution in [1.82, 2.24) is 14.8 Å². The molecule has 0 saturated carbocycles. The lowest BCUT2D eigenvalue weighted by atomic mass is 10.2. The van der Waals surface area contributed by atoms with Crippen molar-refractivity contribution in [2.24, 2.45) is 7.05 Å². The van der Waals surface area contributed by atoms with Gasteiger partial charge in [-0.15, -0.1) is 0 Å². The number of halogens is 1. The molecule has 2 heterocycles. The molecule has 1 aromatic rings. The fourth-order valence-corrected chi connectivity index (χ4v) is 1.55. The number of rotatable bonds is 2. The zero-order valence-corrected chi connectivity index (χ0v) is 8.61. The number of carbonyl (C=O) groups excluding carboxylic acids is 1. The predicted molar refractivity (Wildman–Crippen MR) is 54.1 cm³/mol. The summed E-state index contributed by atoms with van der Waals surface area (Å²) in [6, 6.07) is 1.75. The van der Waals surface area contributed by atoms with Crippen LogP contribution in [0.1, 0.15) is 5.56 Å². The van der Waals surface area contributed by atoms with Crippen molar-refractivity contribution in [3.63, 3.8) is 0 Å². The van der Waals surface area contributed by atoms with Crippen molar-refractivity contribution in [1.29, 1.82) is 0 Å². The van der Waals surface area contributed by atoms with Gasteiger partial charge in [-0.3, -0.25) is 0 Å². The first-order valence-corrected chi connectivity index (χ1v) is 4.93. The van der Waals surface area contributed by atoms with E-state index in [1.54, 1.807) is 0 Å². The number of carbonyl (C=O) groups is 1. The highest BCUT2D eigenvalue weighted by molar-refractivity contribution is 5.75. The van der Waals surface area contributed by atoms with Gasteiger partial charge in [0.25, 0.3) is 0 Å². The molecule has 4 nitrogen and oxygen atoms in total. The molecule has 0 aromatic carbocycles. The van der Waals surface area contributed by atoms with Crippen LogP contribution in [0.5, 0.6) is 0 Å². The molecule has 2 amide bonds. The van der Waals surface area contributed by atoms with Gasteiger partial charge in [0, 0.05) is 26.0 Å². The van der Waals surface area contributed by atoms with E-state index in [0.29, 0.717) is 6.54 Å². The molecule has 1 fully saturated rings. The Morgan fingerprint density at radius 1 is 1.67 bits per heavy atom. The van der Waals surface area contributed by atoms with Gasteiger partial charge in [0.1, 0.15) is 6.17 Å². The monoisotopic (exact) mass is 211 g/mol. The lowest BCUT2D eigenvalue weighted by Gasteiger charge is -2.34. The van der Waals surface area contributed by atoms with Crippen LogP contribution in [-0.2, 0) is 13.6 Å². The lowest BCUT2D eigenvalue weighted by Crippen LogP contribution is -2.54. The molecule has 0 unspecified atom stereocenters. The molecule has 15 heavy (non-hydrogen) atoms. The van der Waals surface area contributed by atoms with Crippen molar-refractivity contribution in [3.8, 4) is 0 Å². The summed E-state index contributed by atoms with van der Waals surface area (Å²) in [5.74, 6) is 0. The van der Waals surface area contributed by atoms with E-state index in [1.807, 2.05) is 30.1 Å². The Morgan fingerprint density at radius 3 is 2.93 bits per heavy atom. The molecule has 82 valence electrons. The molecule has 0 spiro atoms. The van der Waals surface area contributed by atoms with Crippen LogP contribution < -0.4 is 5.32 Å². The normalized spacial score (nSPS) is 16.3. The van der Waals surface area contributed by atoms with Crippen molar-refractivity contribution in [2.45, 2.75) is 12.7 Å². The highest BCUT2D eigenvalue weighted by atomic mass is 19.1. The molecule has 1 aromatic heterocycles. The van der Waals surface area contributed by atoms with E-state index in [0.717, 1.165) is 5.56 Å². The Bertz CT molecular complexity index is 357. The summed E-state index contributed by atoms with van der Waals surface area (Å²) in [5.41, 5.74) is 1.04. The van der Waals surface area contributed by atoms with Gasteiger partial charge in [-0.05, 0) is 11.6 Å². The van der Waals surface area contributed by atoms with E-state index < -0.39 is 6.17 Å². The van der Waals surface area contributed by atoms with Crippen LogP contribution in [0.2, 0.25) is 0 Å². The summed E-state index contributed by atoms with van der Waals surface area (Å²) < 4.78 is 14.4. The number of nitrogens with zero attached hydrogens (tertiary/aromatic N) is 2. The van der Waals surface area contributed by atoms with Gasteiger partial charge in [-0.1, -0.05) is 0 Å². The van der Waals surface area contributed by atoms with E-state index >= 15 is 0 Å². The summed E-state index contributed by atoms with van der Waals surface area (Å²) in [4.78, 5) is 12.9. The van der Waals surface area contributed by atoms with Crippen molar-refractivity contribution in [3.05, 3.63) is 24.0 Å². The Labute approximate surface area is 87.7 Å². The standard InChI is InChI=1S/C10H14FN3O/c1-13-3-2-8(5-13)4-12-10(15)14-6-9(11)7-14/h2-3,5,9H,4,6-7H2,1H3,(H,12,15). The van der Waals surface area contributed by atoms with Crippen LogP contribution in [-0.4, -0.2) is 34.8 Å². The van der Waals surface area contributed by atoms with Crippen LogP contribution in [0, 0.1) is 0 Å². The summed E-state index contributed by atoms with van der Waals surface area (Å²) in [5, 5.41) is 2.74. The van der Waals surface area contributed by atoms with E-state index in [1.165, 1.54) is 4.90 Å². The van der Waals surface area contributed by atoms with Gasteiger partial charge < -0.3 is 14.8 Å². The molecule has 0 bridgehead atoms. The predicted octanol–water partition coefficient (Wildman–Crippen LogP) is 0.888. The number of urea groups is 1. The molecule has 0 atom stereocenters. The van der Waals surface area contributed by atoms with E-state index in [-0.39, 0.29) is 19.1 Å². The molecule has 0 radical (unpaired) electrons. The molecule has 1 saturated heterocycles. The number of aromatic nitrogens is 1. The zero-order chi connectivity index (χ0) is 10.8. The van der Waals surface area contributed by atoms with Gasteiger partial charge in [0.05, 0.1) is 13.1 Å². The minimum atomic E-state index is -0.840. The molecule has 1 aliphatic heterocycles. The number of amides is 2. The highest BCUT2D eigenvalue weighted by Gasteiger charge is 2.29. The highest BCUT2D eigenvalue weighted by Crippen LogP contribution is 2.10. The average Bonchev–Trinajstić information content (AvgIpc) is 2.56. The number of hydrogen-bond acceptors (Lipinski definition) is 1. The van der Waals surface area contributed by atoms with Gasteiger partial charge in [-0.2, -0.15) is 0 Å². The maximum atomic E-state index is 12.5. The number of nitrogens with one attached hydrogen (secondary N) is 1. The number of aryl methyl sites for hydroxylation is 1. The van der Waals surface area contributed by atoms with Crippen LogP contribution in [0.25, 0.3) is 0 Å². The Kier molecular flexibility index (Phi) is 2.62. The average molecular weight is 211 g/mol. The first-order valence-electron chi connectivity index (χ1n) is 4.93. The zero-order valence-electron chi connectivity index (χ0n) is 8.61. The maximum Gasteiger partial charge on any atom is 0.317 e. The fourth-order valence-electron chi connectivity index (χ4n) is 1.55. The lowest BCUT2D eigenvalue weighted by molar-refractivity contribution is 0.0897.